The number of Topliss-reactive ketones (excluding diaryl/α,β-unsaturated/α-hetero) is 2. The number of aromatic nitrogens is 1. The molecule has 0 fully saturated rings. The Bertz CT molecular complexity index is 778. The van der Waals surface area contributed by atoms with Crippen molar-refractivity contribution in [1.82, 2.24) is 4.57 Å². The van der Waals surface area contributed by atoms with Gasteiger partial charge in [-0.25, -0.2) is 4.39 Å². The number of nitrogens with one attached hydrogen (secondary N) is 1. The first kappa shape index (κ1) is 15.6. The maximum atomic E-state index is 13.2. The maximum Gasteiger partial charge on any atom is 0.257 e. The van der Waals surface area contributed by atoms with Gasteiger partial charge in [0.15, 0.2) is 0 Å². The lowest BCUT2D eigenvalue weighted by molar-refractivity contribution is -0.113. The minimum atomic E-state index is -0.729. The Kier molecular flexibility index (Phi) is 4.21. The summed E-state index contributed by atoms with van der Waals surface area (Å²) in [5.41, 5.74) is 0.938. The summed E-state index contributed by atoms with van der Waals surface area (Å²) in [5.74, 6) is -2.28. The lowest BCUT2D eigenvalue weighted by Gasteiger charge is -2.08. The summed E-state index contributed by atoms with van der Waals surface area (Å²) in [4.78, 5) is 35.5. The van der Waals surface area contributed by atoms with Gasteiger partial charge in [-0.3, -0.25) is 14.4 Å². The van der Waals surface area contributed by atoms with Crippen molar-refractivity contribution >= 4 is 23.2 Å². The van der Waals surface area contributed by atoms with Crippen LogP contribution in [0.3, 0.4) is 0 Å². The number of rotatable bonds is 4. The van der Waals surface area contributed by atoms with Crippen molar-refractivity contribution in [1.29, 1.82) is 0 Å². The fraction of sp³-hybridized carbons (Fsp3) is 0.188. The fourth-order valence-electron chi connectivity index (χ4n) is 2.08. The number of halogens is 1. The van der Waals surface area contributed by atoms with Gasteiger partial charge in [0.05, 0.1) is 5.56 Å². The number of hydrogen-bond donors (Lipinski definition) is 1. The summed E-state index contributed by atoms with van der Waals surface area (Å²) in [6, 6.07) is 5.62. The molecule has 6 heteroatoms. The van der Waals surface area contributed by atoms with Gasteiger partial charge in [0, 0.05) is 25.9 Å². The summed E-state index contributed by atoms with van der Waals surface area (Å²) in [6.45, 7) is 2.73. The van der Waals surface area contributed by atoms with Crippen LogP contribution >= 0.6 is 0 Å². The van der Waals surface area contributed by atoms with Crippen LogP contribution in [0.15, 0.2) is 30.5 Å². The van der Waals surface area contributed by atoms with Crippen LogP contribution in [-0.2, 0) is 11.8 Å². The van der Waals surface area contributed by atoms with Gasteiger partial charge in [-0.15, -0.1) is 0 Å². The number of amides is 1. The van der Waals surface area contributed by atoms with Gasteiger partial charge >= 0.3 is 0 Å². The molecule has 0 unspecified atom stereocenters. The molecule has 114 valence electrons. The van der Waals surface area contributed by atoms with Gasteiger partial charge in [0.2, 0.25) is 11.6 Å². The third-order valence-corrected chi connectivity index (χ3v) is 3.27. The maximum absolute atomic E-state index is 13.2. The standard InChI is InChI=1S/C16H15FN2O3/c1-9-8-11(4-5-13(9)17)18-16(22)12-6-7-19(3)14(12)15(21)10(2)20/h4-8H,1-3H3,(H,18,22). The van der Waals surface area contributed by atoms with Crippen LogP contribution in [-0.4, -0.2) is 22.0 Å². The molecule has 0 radical (unpaired) electrons. The normalized spacial score (nSPS) is 10.4. The number of carbonyl (C=O) groups is 3. The van der Waals surface area contributed by atoms with Gasteiger partial charge in [0.1, 0.15) is 11.5 Å². The van der Waals surface area contributed by atoms with E-state index in [0.29, 0.717) is 11.3 Å². The van der Waals surface area contributed by atoms with Crippen molar-refractivity contribution in [3.8, 4) is 0 Å². The zero-order valence-electron chi connectivity index (χ0n) is 12.4. The Morgan fingerprint density at radius 1 is 1.18 bits per heavy atom. The van der Waals surface area contributed by atoms with E-state index in [1.54, 1.807) is 14.0 Å². The highest BCUT2D eigenvalue weighted by molar-refractivity contribution is 6.43. The molecule has 5 nitrogen and oxygen atoms in total. The molecular formula is C16H15FN2O3. The van der Waals surface area contributed by atoms with Crippen molar-refractivity contribution in [2.75, 3.05) is 5.32 Å². The Morgan fingerprint density at radius 2 is 1.86 bits per heavy atom. The smallest absolute Gasteiger partial charge is 0.257 e. The molecule has 0 saturated heterocycles. The molecule has 0 bridgehead atoms. The number of anilines is 1. The van der Waals surface area contributed by atoms with E-state index in [-0.39, 0.29) is 17.1 Å². The quantitative estimate of drug-likeness (QED) is 0.697. The number of hydrogen-bond acceptors (Lipinski definition) is 3. The van der Waals surface area contributed by atoms with Crippen molar-refractivity contribution in [3.63, 3.8) is 0 Å². The third kappa shape index (κ3) is 2.95. The van der Waals surface area contributed by atoms with Crippen LogP contribution in [0.1, 0.15) is 33.3 Å². The van der Waals surface area contributed by atoms with E-state index in [9.17, 15) is 18.8 Å². The number of ketones is 2. The number of nitrogens with zero attached hydrogens (tertiary/aromatic N) is 1. The molecule has 0 aliphatic heterocycles. The fourth-order valence-corrected chi connectivity index (χ4v) is 2.08. The topological polar surface area (TPSA) is 68.2 Å². The Balaban J connectivity index is 2.32. The van der Waals surface area contributed by atoms with Gasteiger partial charge < -0.3 is 9.88 Å². The van der Waals surface area contributed by atoms with Crippen LogP contribution in [0.25, 0.3) is 0 Å². The number of aryl methyl sites for hydroxylation is 2. The molecule has 0 saturated carbocycles. The van der Waals surface area contributed by atoms with Crippen molar-refractivity contribution < 1.29 is 18.8 Å². The highest BCUT2D eigenvalue weighted by atomic mass is 19.1. The molecular weight excluding hydrogens is 287 g/mol. The molecule has 22 heavy (non-hydrogen) atoms. The van der Waals surface area contributed by atoms with Crippen LogP contribution in [0.5, 0.6) is 0 Å². The van der Waals surface area contributed by atoms with Gasteiger partial charge in [0.25, 0.3) is 5.91 Å². The summed E-state index contributed by atoms with van der Waals surface area (Å²) in [7, 11) is 1.58. The Hall–Kier alpha value is -2.76. The predicted molar refractivity (Wildman–Crippen MR) is 79.5 cm³/mol. The molecule has 2 rings (SSSR count). The second kappa shape index (κ2) is 5.93. The average Bonchev–Trinajstić information content (AvgIpc) is 2.83. The van der Waals surface area contributed by atoms with Crippen molar-refractivity contribution in [2.24, 2.45) is 7.05 Å². The second-order valence-electron chi connectivity index (χ2n) is 4.99. The lowest BCUT2D eigenvalue weighted by Crippen LogP contribution is -2.20. The zero-order valence-corrected chi connectivity index (χ0v) is 12.4. The summed E-state index contributed by atoms with van der Waals surface area (Å²) in [5, 5.41) is 2.59. The second-order valence-corrected chi connectivity index (χ2v) is 4.99. The van der Waals surface area contributed by atoms with E-state index in [0.717, 1.165) is 6.92 Å². The van der Waals surface area contributed by atoms with Crippen LogP contribution in [0.2, 0.25) is 0 Å². The van der Waals surface area contributed by atoms with Crippen molar-refractivity contribution in [2.45, 2.75) is 13.8 Å². The highest BCUT2D eigenvalue weighted by Crippen LogP contribution is 2.17. The van der Waals surface area contributed by atoms with Crippen LogP contribution in [0, 0.1) is 12.7 Å². The minimum Gasteiger partial charge on any atom is -0.347 e. The summed E-state index contributed by atoms with van der Waals surface area (Å²) in [6.07, 6.45) is 1.53. The predicted octanol–water partition coefficient (Wildman–Crippen LogP) is 2.50. The molecule has 1 aromatic carbocycles. The monoisotopic (exact) mass is 302 g/mol. The number of benzene rings is 1. The molecule has 2 aromatic rings. The van der Waals surface area contributed by atoms with E-state index < -0.39 is 17.5 Å². The largest absolute Gasteiger partial charge is 0.347 e. The first-order chi connectivity index (χ1) is 10.3. The van der Waals surface area contributed by atoms with Crippen LogP contribution in [0.4, 0.5) is 10.1 Å². The van der Waals surface area contributed by atoms with Gasteiger partial charge in [-0.2, -0.15) is 0 Å². The van der Waals surface area contributed by atoms with Gasteiger partial charge in [-0.1, -0.05) is 0 Å². The van der Waals surface area contributed by atoms with E-state index >= 15 is 0 Å². The molecule has 1 heterocycles. The molecule has 0 spiro atoms. The first-order valence-electron chi connectivity index (χ1n) is 6.59. The Morgan fingerprint density at radius 3 is 2.45 bits per heavy atom. The summed E-state index contributed by atoms with van der Waals surface area (Å²) >= 11 is 0. The van der Waals surface area contributed by atoms with E-state index in [1.165, 1.54) is 35.0 Å². The molecule has 0 aliphatic carbocycles. The molecule has 1 amide bonds. The van der Waals surface area contributed by atoms with E-state index in [2.05, 4.69) is 5.32 Å². The zero-order chi connectivity index (χ0) is 16.4. The molecule has 1 N–H and O–H groups in total. The van der Waals surface area contributed by atoms with Crippen molar-refractivity contribution in [3.05, 3.63) is 53.1 Å². The highest BCUT2D eigenvalue weighted by Gasteiger charge is 2.23. The summed E-state index contributed by atoms with van der Waals surface area (Å²) < 4.78 is 14.6. The number of carbonyl (C=O) groups excluding carboxylic acids is 3. The average molecular weight is 302 g/mol. The van der Waals surface area contributed by atoms with E-state index in [4.69, 9.17) is 0 Å². The van der Waals surface area contributed by atoms with Crippen LogP contribution < -0.4 is 5.32 Å². The minimum absolute atomic E-state index is 0.0313. The molecule has 0 aliphatic rings. The van der Waals surface area contributed by atoms with Gasteiger partial charge in [-0.05, 0) is 36.8 Å². The first-order valence-corrected chi connectivity index (χ1v) is 6.59. The lowest BCUT2D eigenvalue weighted by atomic mass is 10.1. The molecule has 1 aromatic heterocycles. The Labute approximate surface area is 126 Å². The van der Waals surface area contributed by atoms with E-state index in [1.807, 2.05) is 0 Å². The molecule has 0 atom stereocenters. The third-order valence-electron chi connectivity index (χ3n) is 3.27. The SMILES string of the molecule is CC(=O)C(=O)c1c(C(=O)Nc2ccc(F)c(C)c2)ccn1C.